The average molecular weight is 493 g/mol. The average Bonchev–Trinajstić information content (AvgIpc) is 3.59. The molecule has 9 nitrogen and oxygen atoms in total. The molecular weight excluding hydrogens is 464 g/mol. The molecule has 0 radical (unpaired) electrons. The first-order chi connectivity index (χ1) is 18.1. The van der Waals surface area contributed by atoms with Gasteiger partial charge in [0.1, 0.15) is 11.8 Å². The minimum Gasteiger partial charge on any atom is -0.368 e. The summed E-state index contributed by atoms with van der Waals surface area (Å²) in [4.78, 5) is 31.5. The van der Waals surface area contributed by atoms with Crippen molar-refractivity contribution in [3.8, 4) is 22.4 Å². The summed E-state index contributed by atoms with van der Waals surface area (Å²) in [5, 5.41) is 5.63. The van der Waals surface area contributed by atoms with Crippen molar-refractivity contribution in [2.75, 3.05) is 10.6 Å². The third-order valence-electron chi connectivity index (χ3n) is 7.00. The van der Waals surface area contributed by atoms with Crippen molar-refractivity contribution in [1.82, 2.24) is 29.7 Å². The van der Waals surface area contributed by atoms with Crippen LogP contribution in [0.2, 0.25) is 0 Å². The number of nitrogens with two attached hydrogens (primary N) is 1. The van der Waals surface area contributed by atoms with Crippen molar-refractivity contribution in [3.05, 3.63) is 72.4 Å². The van der Waals surface area contributed by atoms with E-state index in [0.29, 0.717) is 6.42 Å². The molecule has 5 aromatic rings. The molecule has 1 aromatic carbocycles. The van der Waals surface area contributed by atoms with E-state index in [9.17, 15) is 4.79 Å². The van der Waals surface area contributed by atoms with Crippen molar-refractivity contribution in [1.29, 1.82) is 0 Å². The Morgan fingerprint density at radius 3 is 2.84 bits per heavy atom. The molecule has 0 spiro atoms. The van der Waals surface area contributed by atoms with E-state index in [4.69, 9.17) is 5.73 Å². The highest BCUT2D eigenvalue weighted by Gasteiger charge is 2.31. The lowest BCUT2D eigenvalue weighted by molar-refractivity contribution is -0.119. The number of para-hydroxylation sites is 1. The summed E-state index contributed by atoms with van der Waals surface area (Å²) >= 11 is 0. The first-order valence-corrected chi connectivity index (χ1v) is 12.6. The number of aromatic nitrogens is 6. The second-order valence-electron chi connectivity index (χ2n) is 9.25. The normalized spacial score (nSPS) is 15.2. The van der Waals surface area contributed by atoms with Crippen molar-refractivity contribution >= 4 is 28.6 Å². The summed E-state index contributed by atoms with van der Waals surface area (Å²) in [6.07, 6.45) is 10.3. The quantitative estimate of drug-likeness (QED) is 0.360. The number of pyridine rings is 1. The fourth-order valence-electron chi connectivity index (χ4n) is 5.11. The molecular formula is C28H28N8O. The number of anilines is 2. The smallest absolute Gasteiger partial charge is 0.228 e. The maximum Gasteiger partial charge on any atom is 0.228 e. The van der Waals surface area contributed by atoms with Gasteiger partial charge in [0.05, 0.1) is 11.9 Å². The Kier molecular flexibility index (Phi) is 5.67. The highest BCUT2D eigenvalue weighted by Crippen LogP contribution is 2.37. The molecule has 3 N–H and O–H groups in total. The Balaban J connectivity index is 1.37. The van der Waals surface area contributed by atoms with Crippen LogP contribution in [0, 0.1) is 0 Å². The van der Waals surface area contributed by atoms with Gasteiger partial charge in [-0.2, -0.15) is 5.10 Å². The van der Waals surface area contributed by atoms with E-state index in [1.165, 1.54) is 5.56 Å². The fourth-order valence-corrected chi connectivity index (χ4v) is 5.11. The van der Waals surface area contributed by atoms with E-state index >= 15 is 0 Å². The second-order valence-corrected chi connectivity index (χ2v) is 9.25. The van der Waals surface area contributed by atoms with Gasteiger partial charge in [0.2, 0.25) is 11.9 Å². The largest absolute Gasteiger partial charge is 0.368 e. The zero-order chi connectivity index (χ0) is 25.5. The van der Waals surface area contributed by atoms with Gasteiger partial charge < -0.3 is 10.7 Å². The molecule has 1 aliphatic heterocycles. The van der Waals surface area contributed by atoms with Crippen LogP contribution in [0.25, 0.3) is 33.4 Å². The molecule has 6 rings (SSSR count). The number of fused-ring (bicyclic) bond motifs is 2. The highest BCUT2D eigenvalue weighted by atomic mass is 16.2. The standard InChI is InChI=1S/C28H28N8O/c1-3-20-12-23(34-28(29)33-20)22-15-31-27-21(22)11-18(13-30-27)19-14-32-35(16-19)25-10-9-17-7-5-6-8-24(17)36(25)26(37)4-2/h5-8,11-16,25H,3-4,9-10H2,1-2H3,(H,30,31)(H2,29,33,34). The van der Waals surface area contributed by atoms with Crippen LogP contribution >= 0.6 is 0 Å². The van der Waals surface area contributed by atoms with E-state index < -0.39 is 0 Å². The fraction of sp³-hybridized carbons (Fsp3) is 0.250. The van der Waals surface area contributed by atoms with Gasteiger partial charge in [-0.25, -0.2) is 19.6 Å². The van der Waals surface area contributed by atoms with Gasteiger partial charge in [-0.1, -0.05) is 32.0 Å². The molecule has 1 atom stereocenters. The van der Waals surface area contributed by atoms with Crippen LogP contribution in [-0.2, 0) is 17.6 Å². The lowest BCUT2D eigenvalue weighted by Gasteiger charge is -2.37. The van der Waals surface area contributed by atoms with Gasteiger partial charge in [0, 0.05) is 58.5 Å². The van der Waals surface area contributed by atoms with Crippen LogP contribution in [0.4, 0.5) is 11.6 Å². The summed E-state index contributed by atoms with van der Waals surface area (Å²) in [5.41, 5.74) is 13.3. The number of nitrogens with one attached hydrogen (secondary N) is 1. The Morgan fingerprint density at radius 1 is 1.14 bits per heavy atom. The van der Waals surface area contributed by atoms with E-state index in [0.717, 1.165) is 64.1 Å². The Labute approximate surface area is 214 Å². The lowest BCUT2D eigenvalue weighted by atomic mass is 9.99. The molecule has 186 valence electrons. The van der Waals surface area contributed by atoms with Gasteiger partial charge in [0.15, 0.2) is 0 Å². The number of H-pyrrole nitrogens is 1. The van der Waals surface area contributed by atoms with Gasteiger partial charge in [-0.15, -0.1) is 0 Å². The van der Waals surface area contributed by atoms with Crippen molar-refractivity contribution in [3.63, 3.8) is 0 Å². The van der Waals surface area contributed by atoms with E-state index in [2.05, 4.69) is 37.2 Å². The zero-order valence-electron chi connectivity index (χ0n) is 20.8. The summed E-state index contributed by atoms with van der Waals surface area (Å²) in [7, 11) is 0. The minimum absolute atomic E-state index is 0.0878. The van der Waals surface area contributed by atoms with E-state index in [1.807, 2.05) is 72.5 Å². The first kappa shape index (κ1) is 22.9. The Hall–Kier alpha value is -4.53. The summed E-state index contributed by atoms with van der Waals surface area (Å²) in [6.45, 7) is 3.94. The predicted octanol–water partition coefficient (Wildman–Crippen LogP) is 4.92. The second kappa shape index (κ2) is 9.16. The maximum absolute atomic E-state index is 13.0. The molecule has 0 fully saturated rings. The molecule has 0 saturated carbocycles. The third-order valence-corrected chi connectivity index (χ3v) is 7.00. The molecule has 0 aliphatic carbocycles. The van der Waals surface area contributed by atoms with Gasteiger partial charge in [-0.3, -0.25) is 9.69 Å². The number of rotatable bonds is 5. The third kappa shape index (κ3) is 4.02. The molecule has 5 heterocycles. The van der Waals surface area contributed by atoms with Crippen LogP contribution < -0.4 is 10.6 Å². The summed E-state index contributed by atoms with van der Waals surface area (Å²) < 4.78 is 1.90. The summed E-state index contributed by atoms with van der Waals surface area (Å²) in [5.74, 6) is 0.346. The van der Waals surface area contributed by atoms with Crippen LogP contribution in [-0.4, -0.2) is 35.6 Å². The van der Waals surface area contributed by atoms with Gasteiger partial charge in [-0.05, 0) is 43.0 Å². The summed E-state index contributed by atoms with van der Waals surface area (Å²) in [6, 6.07) is 12.2. The topological polar surface area (TPSA) is 119 Å². The molecule has 37 heavy (non-hydrogen) atoms. The number of hydrogen-bond acceptors (Lipinski definition) is 6. The molecule has 0 bridgehead atoms. The van der Waals surface area contributed by atoms with Gasteiger partial charge >= 0.3 is 0 Å². The van der Waals surface area contributed by atoms with Crippen LogP contribution in [0.1, 0.15) is 44.1 Å². The number of nitrogen functional groups attached to an aromatic ring is 1. The SMILES string of the molecule is CCC(=O)N1c2ccccc2CCC1n1cc(-c2cnc3[nH]cc(-c4cc(CC)nc(N)n4)c3c2)cn1. The van der Waals surface area contributed by atoms with Crippen LogP contribution in [0.3, 0.4) is 0 Å². The van der Waals surface area contributed by atoms with Crippen molar-refractivity contribution in [2.45, 2.75) is 45.7 Å². The molecule has 1 unspecified atom stereocenters. The zero-order valence-corrected chi connectivity index (χ0v) is 20.8. The number of aromatic amines is 1. The van der Waals surface area contributed by atoms with Crippen molar-refractivity contribution in [2.24, 2.45) is 0 Å². The molecule has 1 aliphatic rings. The molecule has 9 heteroatoms. The van der Waals surface area contributed by atoms with E-state index in [1.54, 1.807) is 0 Å². The van der Waals surface area contributed by atoms with Crippen LogP contribution in [0.15, 0.2) is 61.2 Å². The number of carbonyl (C=O) groups excluding carboxylic acids is 1. The van der Waals surface area contributed by atoms with Crippen molar-refractivity contribution < 1.29 is 4.79 Å². The molecule has 4 aromatic heterocycles. The number of hydrogen-bond donors (Lipinski definition) is 2. The monoisotopic (exact) mass is 492 g/mol. The number of carbonyl (C=O) groups is 1. The van der Waals surface area contributed by atoms with Crippen LogP contribution in [0.5, 0.6) is 0 Å². The maximum atomic E-state index is 13.0. The number of amides is 1. The van der Waals surface area contributed by atoms with E-state index in [-0.39, 0.29) is 18.0 Å². The number of benzene rings is 1. The highest BCUT2D eigenvalue weighted by molar-refractivity contribution is 5.95. The predicted molar refractivity (Wildman–Crippen MR) is 144 cm³/mol. The minimum atomic E-state index is -0.174. The molecule has 0 saturated heterocycles. The lowest BCUT2D eigenvalue weighted by Crippen LogP contribution is -2.41. The number of nitrogens with zero attached hydrogens (tertiary/aromatic N) is 6. The Morgan fingerprint density at radius 2 is 2.00 bits per heavy atom. The number of aryl methyl sites for hydroxylation is 2. The molecule has 1 amide bonds. The van der Waals surface area contributed by atoms with Gasteiger partial charge in [0.25, 0.3) is 0 Å². The Bertz CT molecular complexity index is 1620. The first-order valence-electron chi connectivity index (χ1n) is 12.6.